The number of aliphatic carboxylic acids is 1. The van der Waals surface area contributed by atoms with Crippen molar-refractivity contribution in [2.75, 3.05) is 12.0 Å². The minimum Gasteiger partial charge on any atom is -0.480 e. The molecular formula is C13H21NO4S. The van der Waals surface area contributed by atoms with Gasteiger partial charge in [-0.1, -0.05) is 13.8 Å². The van der Waals surface area contributed by atoms with Crippen molar-refractivity contribution < 1.29 is 19.5 Å². The number of likely N-dealkylation sites (tertiary alicyclic amines) is 1. The van der Waals surface area contributed by atoms with Crippen molar-refractivity contribution in [1.29, 1.82) is 0 Å². The van der Waals surface area contributed by atoms with Gasteiger partial charge in [-0.25, -0.2) is 4.79 Å². The summed E-state index contributed by atoms with van der Waals surface area (Å²) in [5, 5.41) is 9.25. The van der Waals surface area contributed by atoms with Crippen LogP contribution in [0.2, 0.25) is 0 Å². The van der Waals surface area contributed by atoms with Crippen LogP contribution in [0.25, 0.3) is 0 Å². The Bertz CT molecular complexity index is 396. The highest BCUT2D eigenvalue weighted by molar-refractivity contribution is 7.98. The third-order valence-electron chi connectivity index (χ3n) is 3.96. The molecule has 0 aromatic rings. The van der Waals surface area contributed by atoms with Gasteiger partial charge in [0.1, 0.15) is 6.04 Å². The molecule has 5 nitrogen and oxygen atoms in total. The number of carbonyl (C=O) groups is 3. The van der Waals surface area contributed by atoms with Crippen LogP contribution in [0.5, 0.6) is 0 Å². The Morgan fingerprint density at radius 2 is 2.05 bits per heavy atom. The lowest BCUT2D eigenvalue weighted by Gasteiger charge is -2.28. The van der Waals surface area contributed by atoms with Gasteiger partial charge < -0.3 is 5.11 Å². The number of carbonyl (C=O) groups excluding carboxylic acids is 2. The molecule has 1 fully saturated rings. The van der Waals surface area contributed by atoms with Crippen molar-refractivity contribution in [2.24, 2.45) is 11.3 Å². The normalized spacial score (nSPS) is 25.2. The molecule has 1 heterocycles. The lowest BCUT2D eigenvalue weighted by atomic mass is 9.78. The van der Waals surface area contributed by atoms with Crippen LogP contribution in [0.15, 0.2) is 0 Å². The molecule has 1 N–H and O–H groups in total. The standard InChI is InChI=1S/C13H21NO4S/c1-8(2)13(3)7-10(15)14(12(13)18)9(11(16)17)5-6-19-4/h8-9H,5-7H2,1-4H3,(H,16,17). The topological polar surface area (TPSA) is 74.7 Å². The molecule has 1 rings (SSSR count). The minimum atomic E-state index is -1.11. The maximum atomic E-state index is 12.4. The van der Waals surface area contributed by atoms with Crippen molar-refractivity contribution in [1.82, 2.24) is 4.90 Å². The van der Waals surface area contributed by atoms with Gasteiger partial charge >= 0.3 is 5.97 Å². The Morgan fingerprint density at radius 1 is 1.47 bits per heavy atom. The third kappa shape index (κ3) is 2.94. The molecule has 0 spiro atoms. The fraction of sp³-hybridized carbons (Fsp3) is 0.769. The SMILES string of the molecule is CSCCC(C(=O)O)N1C(=O)CC(C)(C(C)C)C1=O. The van der Waals surface area contributed by atoms with E-state index in [1.54, 1.807) is 6.92 Å². The molecule has 2 atom stereocenters. The van der Waals surface area contributed by atoms with Gasteiger partial charge in [0.05, 0.1) is 5.41 Å². The van der Waals surface area contributed by atoms with Gasteiger partial charge in [0.25, 0.3) is 0 Å². The quantitative estimate of drug-likeness (QED) is 0.751. The van der Waals surface area contributed by atoms with Crippen molar-refractivity contribution in [3.05, 3.63) is 0 Å². The van der Waals surface area contributed by atoms with Gasteiger partial charge in [-0.3, -0.25) is 14.5 Å². The van der Waals surface area contributed by atoms with E-state index in [-0.39, 0.29) is 24.2 Å². The second-order valence-electron chi connectivity index (χ2n) is 5.45. The summed E-state index contributed by atoms with van der Waals surface area (Å²) in [7, 11) is 0. The summed E-state index contributed by atoms with van der Waals surface area (Å²) < 4.78 is 0. The summed E-state index contributed by atoms with van der Waals surface area (Å²) in [6.45, 7) is 5.50. The largest absolute Gasteiger partial charge is 0.480 e. The molecule has 0 bridgehead atoms. The molecule has 0 aliphatic carbocycles. The number of thioether (sulfide) groups is 1. The molecule has 6 heteroatoms. The van der Waals surface area contributed by atoms with E-state index in [2.05, 4.69) is 0 Å². The third-order valence-corrected chi connectivity index (χ3v) is 4.60. The van der Waals surface area contributed by atoms with Crippen molar-refractivity contribution in [2.45, 2.75) is 39.7 Å². The predicted molar refractivity (Wildman–Crippen MR) is 73.8 cm³/mol. The second-order valence-corrected chi connectivity index (χ2v) is 6.44. The molecule has 19 heavy (non-hydrogen) atoms. The summed E-state index contributed by atoms with van der Waals surface area (Å²) in [4.78, 5) is 36.8. The highest BCUT2D eigenvalue weighted by atomic mass is 32.2. The Balaban J connectivity index is 3.01. The Morgan fingerprint density at radius 3 is 2.42 bits per heavy atom. The van der Waals surface area contributed by atoms with E-state index in [4.69, 9.17) is 0 Å². The average Bonchev–Trinajstić information content (AvgIpc) is 2.53. The lowest BCUT2D eigenvalue weighted by molar-refractivity contribution is -0.156. The molecule has 2 unspecified atom stereocenters. The summed E-state index contributed by atoms with van der Waals surface area (Å²) >= 11 is 1.50. The van der Waals surface area contributed by atoms with E-state index >= 15 is 0 Å². The molecule has 1 aliphatic rings. The number of carboxylic acids is 1. The fourth-order valence-electron chi connectivity index (χ4n) is 2.22. The van der Waals surface area contributed by atoms with E-state index in [0.29, 0.717) is 12.2 Å². The number of amides is 2. The van der Waals surface area contributed by atoms with Gasteiger partial charge in [0.15, 0.2) is 0 Å². The van der Waals surface area contributed by atoms with Crippen LogP contribution in [0, 0.1) is 11.3 Å². The predicted octanol–water partition coefficient (Wildman–Crippen LogP) is 1.61. The molecule has 1 saturated heterocycles. The van der Waals surface area contributed by atoms with Crippen LogP contribution >= 0.6 is 11.8 Å². The van der Waals surface area contributed by atoms with Crippen LogP contribution in [-0.4, -0.2) is 45.8 Å². The second kappa shape index (κ2) is 5.94. The molecule has 0 aromatic carbocycles. The van der Waals surface area contributed by atoms with Crippen LogP contribution < -0.4 is 0 Å². The van der Waals surface area contributed by atoms with E-state index in [1.807, 2.05) is 20.1 Å². The zero-order chi connectivity index (χ0) is 14.8. The number of hydrogen-bond donors (Lipinski definition) is 1. The van der Waals surface area contributed by atoms with Crippen LogP contribution in [0.4, 0.5) is 0 Å². The molecule has 0 aromatic heterocycles. The Kier molecular flexibility index (Phi) is 5.01. The van der Waals surface area contributed by atoms with Crippen molar-refractivity contribution in [3.8, 4) is 0 Å². The van der Waals surface area contributed by atoms with E-state index in [1.165, 1.54) is 11.8 Å². The van der Waals surface area contributed by atoms with Crippen LogP contribution in [0.3, 0.4) is 0 Å². The first-order chi connectivity index (χ1) is 8.75. The zero-order valence-electron chi connectivity index (χ0n) is 11.8. The lowest BCUT2D eigenvalue weighted by Crippen LogP contribution is -2.47. The maximum Gasteiger partial charge on any atom is 0.326 e. The van der Waals surface area contributed by atoms with E-state index in [0.717, 1.165) is 4.90 Å². The number of hydrogen-bond acceptors (Lipinski definition) is 4. The van der Waals surface area contributed by atoms with Gasteiger partial charge in [-0.15, -0.1) is 0 Å². The minimum absolute atomic E-state index is 0.00365. The molecule has 108 valence electrons. The monoisotopic (exact) mass is 287 g/mol. The zero-order valence-corrected chi connectivity index (χ0v) is 12.6. The van der Waals surface area contributed by atoms with Crippen LogP contribution in [-0.2, 0) is 14.4 Å². The van der Waals surface area contributed by atoms with Gasteiger partial charge in [0, 0.05) is 6.42 Å². The number of rotatable bonds is 6. The van der Waals surface area contributed by atoms with Gasteiger partial charge in [0.2, 0.25) is 11.8 Å². The first-order valence-corrected chi connectivity index (χ1v) is 7.73. The highest BCUT2D eigenvalue weighted by Crippen LogP contribution is 2.40. The Labute approximate surface area is 117 Å². The number of carboxylic acid groups (broad SMARTS) is 1. The summed E-state index contributed by atoms with van der Waals surface area (Å²) in [6, 6.07) is -1.03. The summed E-state index contributed by atoms with van der Waals surface area (Å²) in [5.41, 5.74) is -0.774. The average molecular weight is 287 g/mol. The van der Waals surface area contributed by atoms with Crippen LogP contribution in [0.1, 0.15) is 33.6 Å². The maximum absolute atomic E-state index is 12.4. The molecule has 0 saturated carbocycles. The Hall–Kier alpha value is -1.04. The van der Waals surface area contributed by atoms with Crippen molar-refractivity contribution in [3.63, 3.8) is 0 Å². The molecule has 2 amide bonds. The smallest absolute Gasteiger partial charge is 0.326 e. The highest BCUT2D eigenvalue weighted by Gasteiger charge is 2.53. The number of imide groups is 1. The summed E-state index contributed by atoms with van der Waals surface area (Å²) in [6.07, 6.45) is 2.26. The van der Waals surface area contributed by atoms with E-state index < -0.39 is 17.4 Å². The van der Waals surface area contributed by atoms with Gasteiger partial charge in [-0.2, -0.15) is 11.8 Å². The summed E-state index contributed by atoms with van der Waals surface area (Å²) in [5.74, 6) is -1.21. The van der Waals surface area contributed by atoms with Crippen molar-refractivity contribution >= 4 is 29.5 Å². The fourth-order valence-corrected chi connectivity index (χ4v) is 2.68. The number of nitrogens with zero attached hydrogens (tertiary/aromatic N) is 1. The molecule has 1 aliphatic heterocycles. The first-order valence-electron chi connectivity index (χ1n) is 6.34. The van der Waals surface area contributed by atoms with Gasteiger partial charge in [-0.05, 0) is 31.3 Å². The molecular weight excluding hydrogens is 266 g/mol. The molecule has 0 radical (unpaired) electrons. The van der Waals surface area contributed by atoms with E-state index in [9.17, 15) is 19.5 Å². The first kappa shape index (κ1) is 16.0.